The Bertz CT molecular complexity index is 593. The number of benzene rings is 1. The van der Waals surface area contributed by atoms with Crippen LogP contribution in [-0.4, -0.2) is 23.1 Å². The van der Waals surface area contributed by atoms with E-state index in [1.54, 1.807) is 0 Å². The van der Waals surface area contributed by atoms with Crippen molar-refractivity contribution in [2.75, 3.05) is 5.32 Å². The molecule has 0 bridgehead atoms. The summed E-state index contributed by atoms with van der Waals surface area (Å²) in [4.78, 5) is 23.0. The summed E-state index contributed by atoms with van der Waals surface area (Å²) in [6.07, 6.45) is 3.66. The molecule has 6 heteroatoms. The molecule has 2 saturated carbocycles. The Labute approximate surface area is 121 Å². The molecule has 3 rings (SSSR count). The lowest BCUT2D eigenvalue weighted by atomic mass is 9.96. The number of aliphatic carboxylic acids is 1. The fourth-order valence-electron chi connectivity index (χ4n) is 2.26. The Kier molecular flexibility index (Phi) is 3.31. The van der Waals surface area contributed by atoms with E-state index in [0.29, 0.717) is 12.8 Å². The number of carboxylic acids is 1. The van der Waals surface area contributed by atoms with E-state index in [0.717, 1.165) is 25.3 Å². The summed E-state index contributed by atoms with van der Waals surface area (Å²) >= 11 is 0. The number of anilines is 1. The second kappa shape index (κ2) is 5.02. The van der Waals surface area contributed by atoms with Gasteiger partial charge in [0, 0.05) is 11.8 Å². The second-order valence-corrected chi connectivity index (χ2v) is 5.66. The van der Waals surface area contributed by atoms with Crippen LogP contribution in [0.4, 0.5) is 10.1 Å². The van der Waals surface area contributed by atoms with Gasteiger partial charge in [-0.3, -0.25) is 9.59 Å². The van der Waals surface area contributed by atoms with Crippen LogP contribution in [0.3, 0.4) is 0 Å². The Morgan fingerprint density at radius 1 is 1.33 bits per heavy atom. The Balaban J connectivity index is 1.67. The van der Waals surface area contributed by atoms with E-state index in [-0.39, 0.29) is 17.5 Å². The highest BCUT2D eigenvalue weighted by molar-refractivity contribution is 6.10. The fraction of sp³-hybridized carbons (Fsp3) is 0.467. The zero-order valence-electron chi connectivity index (χ0n) is 11.4. The molecule has 0 saturated heterocycles. The average Bonchev–Trinajstić information content (AvgIpc) is 3.17. The van der Waals surface area contributed by atoms with Crippen molar-refractivity contribution in [1.82, 2.24) is 0 Å². The largest absolute Gasteiger partial charge is 0.487 e. The van der Waals surface area contributed by atoms with Gasteiger partial charge in [-0.25, -0.2) is 4.39 Å². The zero-order chi connectivity index (χ0) is 15.0. The minimum absolute atomic E-state index is 0.0710. The number of hydrogen-bond donors (Lipinski definition) is 2. The van der Waals surface area contributed by atoms with Crippen molar-refractivity contribution in [3.63, 3.8) is 0 Å². The van der Waals surface area contributed by atoms with Crippen molar-refractivity contribution in [3.05, 3.63) is 24.0 Å². The molecule has 21 heavy (non-hydrogen) atoms. The van der Waals surface area contributed by atoms with Crippen LogP contribution in [0.15, 0.2) is 18.2 Å². The fourth-order valence-corrected chi connectivity index (χ4v) is 2.26. The minimum Gasteiger partial charge on any atom is -0.487 e. The lowest BCUT2D eigenvalue weighted by Crippen LogP contribution is -2.31. The van der Waals surface area contributed by atoms with Crippen LogP contribution in [0.5, 0.6) is 5.75 Å². The summed E-state index contributed by atoms with van der Waals surface area (Å²) in [6.45, 7) is 0. The predicted molar refractivity (Wildman–Crippen MR) is 72.6 cm³/mol. The van der Waals surface area contributed by atoms with Crippen molar-refractivity contribution in [2.24, 2.45) is 5.41 Å². The predicted octanol–water partition coefficient (Wildman–Crippen LogP) is 2.56. The van der Waals surface area contributed by atoms with E-state index >= 15 is 0 Å². The number of nitrogens with one attached hydrogen (secondary N) is 1. The number of carbonyl (C=O) groups excluding carboxylic acids is 1. The number of halogens is 1. The van der Waals surface area contributed by atoms with Crippen molar-refractivity contribution < 1.29 is 23.8 Å². The number of rotatable bonds is 5. The van der Waals surface area contributed by atoms with Gasteiger partial charge in [0.1, 0.15) is 5.41 Å². The molecule has 2 N–H and O–H groups in total. The van der Waals surface area contributed by atoms with Gasteiger partial charge in [0.15, 0.2) is 11.6 Å². The summed E-state index contributed by atoms with van der Waals surface area (Å²) in [5, 5.41) is 11.5. The highest BCUT2D eigenvalue weighted by atomic mass is 19.1. The number of carbonyl (C=O) groups is 2. The van der Waals surface area contributed by atoms with E-state index in [1.807, 2.05) is 0 Å². The van der Waals surface area contributed by atoms with Crippen molar-refractivity contribution in [1.29, 1.82) is 0 Å². The van der Waals surface area contributed by atoms with Gasteiger partial charge in [-0.05, 0) is 44.2 Å². The van der Waals surface area contributed by atoms with Gasteiger partial charge < -0.3 is 15.2 Å². The van der Waals surface area contributed by atoms with Crippen LogP contribution in [0.25, 0.3) is 0 Å². The van der Waals surface area contributed by atoms with Crippen LogP contribution in [0.1, 0.15) is 32.1 Å². The maximum absolute atomic E-state index is 13.9. The van der Waals surface area contributed by atoms with Gasteiger partial charge in [0.05, 0.1) is 6.10 Å². The quantitative estimate of drug-likeness (QED) is 0.818. The Hall–Kier alpha value is -2.11. The molecule has 0 unspecified atom stereocenters. The molecule has 1 amide bonds. The Morgan fingerprint density at radius 2 is 2.05 bits per heavy atom. The summed E-state index contributed by atoms with van der Waals surface area (Å²) in [5.74, 6) is -2.12. The molecular weight excluding hydrogens is 277 g/mol. The number of ether oxygens (including phenoxy) is 1. The van der Waals surface area contributed by atoms with Gasteiger partial charge >= 0.3 is 5.97 Å². The first-order valence-corrected chi connectivity index (χ1v) is 7.02. The van der Waals surface area contributed by atoms with Crippen LogP contribution < -0.4 is 10.1 Å². The zero-order valence-corrected chi connectivity index (χ0v) is 11.4. The standard InChI is InChI=1S/C15H16FNO4/c16-11-8-9(4-5-12(11)21-10-2-1-3-10)17-13(18)15(6-7-15)14(19)20/h4-5,8,10H,1-3,6-7H2,(H,17,18)(H,19,20). The van der Waals surface area contributed by atoms with Gasteiger partial charge in [-0.1, -0.05) is 0 Å². The molecular formula is C15H16FNO4. The molecule has 0 heterocycles. The molecule has 2 aliphatic rings. The molecule has 0 aliphatic heterocycles. The first-order chi connectivity index (χ1) is 10.0. The number of amides is 1. The molecule has 1 aromatic carbocycles. The first-order valence-electron chi connectivity index (χ1n) is 7.02. The molecule has 0 aromatic heterocycles. The topological polar surface area (TPSA) is 75.6 Å². The maximum atomic E-state index is 13.9. The molecule has 1 aromatic rings. The lowest BCUT2D eigenvalue weighted by Gasteiger charge is -2.26. The van der Waals surface area contributed by atoms with E-state index in [1.165, 1.54) is 12.1 Å². The van der Waals surface area contributed by atoms with Crippen LogP contribution in [0, 0.1) is 11.2 Å². The third kappa shape index (κ3) is 2.57. The third-order valence-electron chi connectivity index (χ3n) is 4.13. The van der Waals surface area contributed by atoms with E-state index in [9.17, 15) is 14.0 Å². The molecule has 0 radical (unpaired) electrons. The lowest BCUT2D eigenvalue weighted by molar-refractivity contribution is -0.147. The molecule has 0 spiro atoms. The highest BCUT2D eigenvalue weighted by Gasteiger charge is 2.57. The molecule has 5 nitrogen and oxygen atoms in total. The maximum Gasteiger partial charge on any atom is 0.319 e. The smallest absolute Gasteiger partial charge is 0.319 e. The van der Waals surface area contributed by atoms with E-state index < -0.39 is 23.1 Å². The minimum atomic E-state index is -1.34. The normalized spacial score (nSPS) is 19.5. The van der Waals surface area contributed by atoms with Gasteiger partial charge in [0.25, 0.3) is 0 Å². The third-order valence-corrected chi connectivity index (χ3v) is 4.13. The van der Waals surface area contributed by atoms with Crippen LogP contribution in [-0.2, 0) is 9.59 Å². The summed E-state index contributed by atoms with van der Waals surface area (Å²) < 4.78 is 19.4. The van der Waals surface area contributed by atoms with Crippen molar-refractivity contribution >= 4 is 17.6 Å². The van der Waals surface area contributed by atoms with Gasteiger partial charge in [-0.15, -0.1) is 0 Å². The summed E-state index contributed by atoms with van der Waals surface area (Å²) in [7, 11) is 0. The average molecular weight is 293 g/mol. The van der Waals surface area contributed by atoms with Crippen LogP contribution >= 0.6 is 0 Å². The van der Waals surface area contributed by atoms with Gasteiger partial charge in [0.2, 0.25) is 5.91 Å². The molecule has 2 fully saturated rings. The van der Waals surface area contributed by atoms with Crippen molar-refractivity contribution in [3.8, 4) is 5.75 Å². The first kappa shape index (κ1) is 13.9. The van der Waals surface area contributed by atoms with E-state index in [4.69, 9.17) is 9.84 Å². The highest BCUT2D eigenvalue weighted by Crippen LogP contribution is 2.46. The second-order valence-electron chi connectivity index (χ2n) is 5.66. The molecule has 2 aliphatic carbocycles. The summed E-state index contributed by atoms with van der Waals surface area (Å²) in [6, 6.07) is 4.14. The Morgan fingerprint density at radius 3 is 2.52 bits per heavy atom. The molecule has 0 atom stereocenters. The SMILES string of the molecule is O=C(O)C1(C(=O)Nc2ccc(OC3CCC3)c(F)c2)CC1. The van der Waals surface area contributed by atoms with Gasteiger partial charge in [-0.2, -0.15) is 0 Å². The number of carboxylic acid groups (broad SMARTS) is 1. The van der Waals surface area contributed by atoms with Crippen molar-refractivity contribution in [2.45, 2.75) is 38.2 Å². The summed E-state index contributed by atoms with van der Waals surface area (Å²) in [5.41, 5.74) is -1.09. The van der Waals surface area contributed by atoms with E-state index in [2.05, 4.69) is 5.32 Å². The monoisotopic (exact) mass is 293 g/mol. The number of hydrogen-bond acceptors (Lipinski definition) is 3. The van der Waals surface area contributed by atoms with Crippen LogP contribution in [0.2, 0.25) is 0 Å². The molecule has 112 valence electrons.